The first-order valence-electron chi connectivity index (χ1n) is 8.32. The highest BCUT2D eigenvalue weighted by Gasteiger charge is 2.25. The molecule has 1 amide bonds. The fourth-order valence-electron chi connectivity index (χ4n) is 2.90. The van der Waals surface area contributed by atoms with Crippen molar-refractivity contribution in [2.75, 3.05) is 20.2 Å². The Labute approximate surface area is 152 Å². The number of halogens is 1. The van der Waals surface area contributed by atoms with Gasteiger partial charge in [0.2, 0.25) is 0 Å². The van der Waals surface area contributed by atoms with Crippen LogP contribution in [0.4, 0.5) is 4.79 Å². The minimum atomic E-state index is -0.472. The number of nitrogens with zero attached hydrogens (tertiary/aromatic N) is 1. The Hall–Kier alpha value is -1.27. The van der Waals surface area contributed by atoms with Gasteiger partial charge in [-0.15, -0.1) is 0 Å². The van der Waals surface area contributed by atoms with Gasteiger partial charge in [0.05, 0.1) is 7.11 Å². The molecule has 0 bridgehead atoms. The van der Waals surface area contributed by atoms with E-state index in [1.165, 1.54) is 0 Å². The summed E-state index contributed by atoms with van der Waals surface area (Å²) in [6.07, 6.45) is 1.68. The SMILES string of the molecule is COc1cccc(Br)c1CN1CCC[C@@H](NC(=O)OC(C)(C)C)C1. The van der Waals surface area contributed by atoms with Gasteiger partial charge in [-0.2, -0.15) is 0 Å². The van der Waals surface area contributed by atoms with Crippen molar-refractivity contribution in [2.24, 2.45) is 0 Å². The molecule has 1 aromatic rings. The number of piperidine rings is 1. The van der Waals surface area contributed by atoms with E-state index < -0.39 is 5.60 Å². The molecule has 0 aliphatic carbocycles. The number of amides is 1. The van der Waals surface area contributed by atoms with E-state index in [1.54, 1.807) is 7.11 Å². The minimum absolute atomic E-state index is 0.113. The number of ether oxygens (including phenoxy) is 2. The number of rotatable bonds is 4. The Morgan fingerprint density at radius 2 is 2.17 bits per heavy atom. The van der Waals surface area contributed by atoms with Crippen molar-refractivity contribution in [1.29, 1.82) is 0 Å². The fraction of sp³-hybridized carbons (Fsp3) is 0.611. The maximum absolute atomic E-state index is 12.0. The first kappa shape index (κ1) is 19.1. The van der Waals surface area contributed by atoms with Crippen molar-refractivity contribution >= 4 is 22.0 Å². The van der Waals surface area contributed by atoms with Crippen LogP contribution in [0.15, 0.2) is 22.7 Å². The van der Waals surface area contributed by atoms with Gasteiger partial charge in [0.15, 0.2) is 0 Å². The highest BCUT2D eigenvalue weighted by atomic mass is 79.9. The van der Waals surface area contributed by atoms with Crippen LogP contribution < -0.4 is 10.1 Å². The summed E-state index contributed by atoms with van der Waals surface area (Å²) in [4.78, 5) is 14.3. The van der Waals surface area contributed by atoms with E-state index in [0.717, 1.165) is 48.3 Å². The number of hydrogen-bond donors (Lipinski definition) is 1. The molecule has 1 aliphatic heterocycles. The molecular weight excluding hydrogens is 372 g/mol. The van der Waals surface area contributed by atoms with E-state index >= 15 is 0 Å². The van der Waals surface area contributed by atoms with Crippen molar-refractivity contribution < 1.29 is 14.3 Å². The molecule has 1 N–H and O–H groups in total. The number of hydrogen-bond acceptors (Lipinski definition) is 4. The number of carbonyl (C=O) groups excluding carboxylic acids is 1. The van der Waals surface area contributed by atoms with Crippen LogP contribution in [0.25, 0.3) is 0 Å². The topological polar surface area (TPSA) is 50.8 Å². The number of alkyl carbamates (subject to hydrolysis) is 1. The van der Waals surface area contributed by atoms with E-state index in [2.05, 4.69) is 26.1 Å². The third kappa shape index (κ3) is 5.67. The van der Waals surface area contributed by atoms with Gasteiger partial charge < -0.3 is 14.8 Å². The molecule has 0 unspecified atom stereocenters. The lowest BCUT2D eigenvalue weighted by atomic mass is 10.0. The minimum Gasteiger partial charge on any atom is -0.496 e. The summed E-state index contributed by atoms with van der Waals surface area (Å²) in [7, 11) is 1.69. The first-order chi connectivity index (χ1) is 11.3. The van der Waals surface area contributed by atoms with E-state index in [-0.39, 0.29) is 12.1 Å². The third-order valence-corrected chi connectivity index (χ3v) is 4.65. The average Bonchev–Trinajstić information content (AvgIpc) is 2.47. The monoisotopic (exact) mass is 398 g/mol. The maximum Gasteiger partial charge on any atom is 0.407 e. The van der Waals surface area contributed by atoms with Crippen molar-refractivity contribution in [3.63, 3.8) is 0 Å². The van der Waals surface area contributed by atoms with Crippen LogP contribution in [-0.4, -0.2) is 42.8 Å². The summed E-state index contributed by atoms with van der Waals surface area (Å²) in [5, 5.41) is 2.99. The molecule has 6 heteroatoms. The summed E-state index contributed by atoms with van der Waals surface area (Å²) in [6, 6.07) is 6.08. The highest BCUT2D eigenvalue weighted by molar-refractivity contribution is 9.10. The zero-order valence-electron chi connectivity index (χ0n) is 14.9. The van der Waals surface area contributed by atoms with Crippen LogP contribution in [0.3, 0.4) is 0 Å². The predicted octanol–water partition coefficient (Wildman–Crippen LogP) is 3.95. The molecule has 0 saturated carbocycles. The molecule has 24 heavy (non-hydrogen) atoms. The average molecular weight is 399 g/mol. The summed E-state index contributed by atoms with van der Waals surface area (Å²) < 4.78 is 11.9. The lowest BCUT2D eigenvalue weighted by molar-refractivity contribution is 0.0470. The summed E-state index contributed by atoms with van der Waals surface area (Å²) in [6.45, 7) is 8.23. The first-order valence-corrected chi connectivity index (χ1v) is 9.11. The van der Waals surface area contributed by atoms with E-state index in [4.69, 9.17) is 9.47 Å². The molecule has 0 radical (unpaired) electrons. The molecule has 1 aliphatic rings. The quantitative estimate of drug-likeness (QED) is 0.833. The second kappa shape index (κ2) is 8.21. The summed E-state index contributed by atoms with van der Waals surface area (Å²) >= 11 is 3.61. The Bertz CT molecular complexity index is 572. The molecule has 134 valence electrons. The van der Waals surface area contributed by atoms with Crippen molar-refractivity contribution in [3.8, 4) is 5.75 Å². The van der Waals surface area contributed by atoms with Crippen LogP contribution in [0.2, 0.25) is 0 Å². The zero-order chi connectivity index (χ0) is 17.7. The molecule has 1 aromatic carbocycles. The van der Waals surface area contributed by atoms with Crippen molar-refractivity contribution in [2.45, 2.75) is 51.8 Å². The Morgan fingerprint density at radius 1 is 1.42 bits per heavy atom. The fourth-order valence-corrected chi connectivity index (χ4v) is 3.37. The van der Waals surface area contributed by atoms with Gasteiger partial charge in [-0.3, -0.25) is 4.90 Å². The van der Waals surface area contributed by atoms with Crippen LogP contribution in [0.5, 0.6) is 5.75 Å². The molecule has 0 aromatic heterocycles. The van der Waals surface area contributed by atoms with E-state index in [0.29, 0.717) is 0 Å². The second-order valence-corrected chi connectivity index (χ2v) is 8.00. The third-order valence-electron chi connectivity index (χ3n) is 3.90. The number of likely N-dealkylation sites (tertiary alicyclic amines) is 1. The van der Waals surface area contributed by atoms with Gasteiger partial charge >= 0.3 is 6.09 Å². The van der Waals surface area contributed by atoms with Gasteiger partial charge in [0, 0.05) is 29.2 Å². The Kier molecular flexibility index (Phi) is 6.52. The molecule has 1 atom stereocenters. The Morgan fingerprint density at radius 3 is 2.83 bits per heavy atom. The molecule has 0 spiro atoms. The largest absolute Gasteiger partial charge is 0.496 e. The standard InChI is InChI=1S/C18H27BrN2O3/c1-18(2,3)24-17(22)20-13-7-6-10-21(11-13)12-14-15(19)8-5-9-16(14)23-4/h5,8-9,13H,6-7,10-12H2,1-4H3,(H,20,22)/t13-/m1/s1. The van der Waals surface area contributed by atoms with Crippen LogP contribution >= 0.6 is 15.9 Å². The predicted molar refractivity (Wildman–Crippen MR) is 98.4 cm³/mol. The number of methoxy groups -OCH3 is 1. The van der Waals surface area contributed by atoms with Crippen molar-refractivity contribution in [1.82, 2.24) is 10.2 Å². The molecule has 2 rings (SSSR count). The number of nitrogens with one attached hydrogen (secondary N) is 1. The molecular formula is C18H27BrN2O3. The molecule has 1 saturated heterocycles. The van der Waals surface area contributed by atoms with Crippen LogP contribution in [0.1, 0.15) is 39.2 Å². The maximum atomic E-state index is 12.0. The normalized spacial score (nSPS) is 19.0. The second-order valence-electron chi connectivity index (χ2n) is 7.14. The van der Waals surface area contributed by atoms with Gasteiger partial charge in [-0.25, -0.2) is 4.79 Å². The molecule has 1 heterocycles. The van der Waals surface area contributed by atoms with Crippen molar-refractivity contribution in [3.05, 3.63) is 28.2 Å². The van der Waals surface area contributed by atoms with E-state index in [9.17, 15) is 4.79 Å². The van der Waals surface area contributed by atoms with Crippen LogP contribution in [-0.2, 0) is 11.3 Å². The van der Waals surface area contributed by atoms with Gasteiger partial charge in [-0.1, -0.05) is 22.0 Å². The lowest BCUT2D eigenvalue weighted by Gasteiger charge is -2.34. The van der Waals surface area contributed by atoms with Gasteiger partial charge in [-0.05, 0) is 52.3 Å². The summed E-state index contributed by atoms with van der Waals surface area (Å²) in [5.41, 5.74) is 0.665. The van der Waals surface area contributed by atoms with Crippen LogP contribution in [0, 0.1) is 0 Å². The Balaban J connectivity index is 1.95. The van der Waals surface area contributed by atoms with Gasteiger partial charge in [0.1, 0.15) is 11.4 Å². The number of benzene rings is 1. The van der Waals surface area contributed by atoms with Gasteiger partial charge in [0.25, 0.3) is 0 Å². The molecule has 5 nitrogen and oxygen atoms in total. The molecule has 1 fully saturated rings. The van der Waals surface area contributed by atoms with E-state index in [1.807, 2.05) is 39.0 Å². The number of carbonyl (C=O) groups is 1. The smallest absolute Gasteiger partial charge is 0.407 e. The lowest BCUT2D eigenvalue weighted by Crippen LogP contribution is -2.48. The summed E-state index contributed by atoms with van der Waals surface area (Å²) in [5.74, 6) is 0.881. The highest BCUT2D eigenvalue weighted by Crippen LogP contribution is 2.29. The zero-order valence-corrected chi connectivity index (χ0v) is 16.5.